The van der Waals surface area contributed by atoms with Crippen LogP contribution in [0, 0.1) is 0 Å². The van der Waals surface area contributed by atoms with Gasteiger partial charge in [0.25, 0.3) is 0 Å². The summed E-state index contributed by atoms with van der Waals surface area (Å²) in [5.74, 6) is 0. The maximum atomic E-state index is 6.00. The second kappa shape index (κ2) is 6.26. The molecular weight excluding hydrogens is 128 g/mol. The maximum absolute atomic E-state index is 6.00. The van der Waals surface area contributed by atoms with Gasteiger partial charge in [0.15, 0.2) is 0 Å². The Morgan fingerprint density at radius 3 is 1.90 bits per heavy atom. The predicted molar refractivity (Wildman–Crippen MR) is 41.1 cm³/mol. The molecule has 0 saturated heterocycles. The highest BCUT2D eigenvalue weighted by Crippen LogP contribution is 1.96. The molecule has 2 nitrogen and oxygen atoms in total. The summed E-state index contributed by atoms with van der Waals surface area (Å²) in [5, 5.41) is 12.0. The van der Waals surface area contributed by atoms with E-state index in [4.69, 9.17) is 10.5 Å². The average Bonchev–Trinajstić information content (AvgIpc) is 2.10. The third-order valence-electron chi connectivity index (χ3n) is 1.25. The van der Waals surface area contributed by atoms with E-state index in [1.165, 1.54) is 5.56 Å². The molecule has 0 aliphatic rings. The minimum Gasteiger partial charge on any atom is -0.255 e. The molecule has 1 rings (SSSR count). The van der Waals surface area contributed by atoms with Gasteiger partial charge >= 0.3 is 0 Å². The first-order valence-electron chi connectivity index (χ1n) is 3.17. The van der Waals surface area contributed by atoms with Gasteiger partial charge in [-0.1, -0.05) is 37.3 Å². The van der Waals surface area contributed by atoms with Crippen LogP contribution in [0.3, 0.4) is 0 Å². The van der Waals surface area contributed by atoms with Crippen molar-refractivity contribution in [1.29, 1.82) is 0 Å². The van der Waals surface area contributed by atoms with Gasteiger partial charge in [0.2, 0.25) is 0 Å². The van der Waals surface area contributed by atoms with Gasteiger partial charge in [0.05, 0.1) is 0 Å². The monoisotopic (exact) mass is 140 g/mol. The van der Waals surface area contributed by atoms with E-state index < -0.39 is 0 Å². The SMILES string of the molecule is CCc1ccccc1.OO. The van der Waals surface area contributed by atoms with Crippen molar-refractivity contribution >= 4 is 0 Å². The van der Waals surface area contributed by atoms with E-state index in [1.807, 2.05) is 6.07 Å². The van der Waals surface area contributed by atoms with Crippen LogP contribution in [0.25, 0.3) is 0 Å². The minimum absolute atomic E-state index is 1.14. The van der Waals surface area contributed by atoms with Crippen molar-refractivity contribution in [2.24, 2.45) is 0 Å². The van der Waals surface area contributed by atoms with Crippen molar-refractivity contribution in [2.45, 2.75) is 13.3 Å². The standard InChI is InChI=1S/C8H10.H2O2/c1-2-8-6-4-3-5-7-8;1-2/h3-7H,2H2,1H3;1-2H. The molecular formula is C8H12O2. The van der Waals surface area contributed by atoms with Crippen molar-refractivity contribution in [1.82, 2.24) is 0 Å². The van der Waals surface area contributed by atoms with Gasteiger partial charge in [0, 0.05) is 0 Å². The van der Waals surface area contributed by atoms with Crippen LogP contribution in [-0.4, -0.2) is 10.5 Å². The zero-order chi connectivity index (χ0) is 7.82. The van der Waals surface area contributed by atoms with Crippen molar-refractivity contribution in [3.05, 3.63) is 35.9 Å². The van der Waals surface area contributed by atoms with Gasteiger partial charge in [-0.15, -0.1) is 0 Å². The minimum atomic E-state index is 1.14. The van der Waals surface area contributed by atoms with Crippen LogP contribution in [-0.2, 0) is 6.42 Å². The molecule has 2 heteroatoms. The maximum Gasteiger partial charge on any atom is -0.0307 e. The molecule has 0 fully saturated rings. The second-order valence-corrected chi connectivity index (χ2v) is 1.84. The summed E-state index contributed by atoms with van der Waals surface area (Å²) in [7, 11) is 0. The van der Waals surface area contributed by atoms with Gasteiger partial charge < -0.3 is 0 Å². The summed E-state index contributed by atoms with van der Waals surface area (Å²) in [6, 6.07) is 10.5. The zero-order valence-electron chi connectivity index (χ0n) is 5.99. The summed E-state index contributed by atoms with van der Waals surface area (Å²) in [5.41, 5.74) is 1.41. The van der Waals surface area contributed by atoms with Crippen LogP contribution in [0.15, 0.2) is 30.3 Å². The van der Waals surface area contributed by atoms with Gasteiger partial charge in [-0.2, -0.15) is 0 Å². The first-order valence-corrected chi connectivity index (χ1v) is 3.17. The average molecular weight is 140 g/mol. The molecule has 0 bridgehead atoms. The van der Waals surface area contributed by atoms with Crippen molar-refractivity contribution in [2.75, 3.05) is 0 Å². The van der Waals surface area contributed by atoms with Crippen molar-refractivity contribution in [3.8, 4) is 0 Å². The van der Waals surface area contributed by atoms with Crippen LogP contribution in [0.5, 0.6) is 0 Å². The van der Waals surface area contributed by atoms with Crippen LogP contribution >= 0.6 is 0 Å². The van der Waals surface area contributed by atoms with E-state index in [9.17, 15) is 0 Å². The topological polar surface area (TPSA) is 40.5 Å². The van der Waals surface area contributed by atoms with Crippen molar-refractivity contribution < 1.29 is 10.5 Å². The molecule has 56 valence electrons. The Bertz CT molecular complexity index is 149. The molecule has 0 heterocycles. The van der Waals surface area contributed by atoms with Crippen LogP contribution in [0.2, 0.25) is 0 Å². The fourth-order valence-corrected chi connectivity index (χ4v) is 0.714. The third kappa shape index (κ3) is 3.22. The molecule has 0 radical (unpaired) electrons. The van der Waals surface area contributed by atoms with E-state index in [-0.39, 0.29) is 0 Å². The molecule has 1 aromatic carbocycles. The first kappa shape index (κ1) is 9.14. The molecule has 0 aliphatic heterocycles. The summed E-state index contributed by atoms with van der Waals surface area (Å²) in [4.78, 5) is 0. The molecule has 0 aromatic heterocycles. The molecule has 0 atom stereocenters. The van der Waals surface area contributed by atoms with Crippen LogP contribution in [0.1, 0.15) is 12.5 Å². The fourth-order valence-electron chi connectivity index (χ4n) is 0.714. The Morgan fingerprint density at radius 1 is 1.10 bits per heavy atom. The molecule has 0 saturated carbocycles. The summed E-state index contributed by atoms with van der Waals surface area (Å²) >= 11 is 0. The number of hydrogen-bond acceptors (Lipinski definition) is 2. The lowest BCUT2D eigenvalue weighted by molar-refractivity contribution is -0.176. The largest absolute Gasteiger partial charge is 0.255 e. The number of benzene rings is 1. The van der Waals surface area contributed by atoms with Crippen molar-refractivity contribution in [3.63, 3.8) is 0 Å². The van der Waals surface area contributed by atoms with Gasteiger partial charge in [-0.25, -0.2) is 0 Å². The molecule has 0 spiro atoms. The highest BCUT2D eigenvalue weighted by molar-refractivity contribution is 5.13. The van der Waals surface area contributed by atoms with E-state index in [1.54, 1.807) is 0 Å². The number of aryl methyl sites for hydroxylation is 1. The van der Waals surface area contributed by atoms with Crippen LogP contribution in [0.4, 0.5) is 0 Å². The third-order valence-corrected chi connectivity index (χ3v) is 1.25. The molecule has 10 heavy (non-hydrogen) atoms. The lowest BCUT2D eigenvalue weighted by Crippen LogP contribution is -1.73. The van der Waals surface area contributed by atoms with Gasteiger partial charge in [-0.05, 0) is 12.0 Å². The Hall–Kier alpha value is -0.860. The van der Waals surface area contributed by atoms with E-state index in [0.717, 1.165) is 6.42 Å². The van der Waals surface area contributed by atoms with Gasteiger partial charge in [0.1, 0.15) is 0 Å². The molecule has 2 N–H and O–H groups in total. The number of rotatable bonds is 1. The quantitative estimate of drug-likeness (QED) is 0.464. The summed E-state index contributed by atoms with van der Waals surface area (Å²) in [6.45, 7) is 2.16. The molecule has 0 aliphatic carbocycles. The lowest BCUT2D eigenvalue weighted by atomic mass is 10.2. The normalized spacial score (nSPS) is 7.90. The smallest absolute Gasteiger partial charge is 0.0307 e. The fraction of sp³-hybridized carbons (Fsp3) is 0.250. The molecule has 0 amide bonds. The first-order chi connectivity index (χ1) is 4.93. The highest BCUT2D eigenvalue weighted by atomic mass is 17.0. The highest BCUT2D eigenvalue weighted by Gasteiger charge is 1.79. The zero-order valence-corrected chi connectivity index (χ0v) is 5.99. The van der Waals surface area contributed by atoms with Crippen LogP contribution < -0.4 is 0 Å². The second-order valence-electron chi connectivity index (χ2n) is 1.84. The Labute approximate surface area is 60.7 Å². The van der Waals surface area contributed by atoms with E-state index in [2.05, 4.69) is 31.2 Å². The Balaban J connectivity index is 0.000000371. The van der Waals surface area contributed by atoms with E-state index in [0.29, 0.717) is 0 Å². The molecule has 0 unspecified atom stereocenters. The lowest BCUT2D eigenvalue weighted by Gasteiger charge is -1.89. The van der Waals surface area contributed by atoms with Gasteiger partial charge in [-0.3, -0.25) is 10.5 Å². The summed E-state index contributed by atoms with van der Waals surface area (Å²) in [6.07, 6.45) is 1.14. The Kier molecular flexibility index (Phi) is 5.72. The molecule has 1 aromatic rings. The predicted octanol–water partition coefficient (Wildman–Crippen LogP) is 2.27. The van der Waals surface area contributed by atoms with E-state index >= 15 is 0 Å². The number of hydrogen-bond donors (Lipinski definition) is 2. The summed E-state index contributed by atoms with van der Waals surface area (Å²) < 4.78 is 0. The Morgan fingerprint density at radius 2 is 1.60 bits per heavy atom.